The quantitative estimate of drug-likeness (QED) is 0.553. The van der Waals surface area contributed by atoms with E-state index in [1.165, 1.54) is 0 Å². The molecule has 0 saturated carbocycles. The van der Waals surface area contributed by atoms with E-state index in [4.69, 9.17) is 4.74 Å². The topological polar surface area (TPSA) is 64.0 Å². The molecule has 1 saturated heterocycles. The van der Waals surface area contributed by atoms with Gasteiger partial charge in [-0.15, -0.1) is 0 Å². The van der Waals surface area contributed by atoms with Crippen molar-refractivity contribution in [2.75, 3.05) is 30.9 Å². The summed E-state index contributed by atoms with van der Waals surface area (Å²) in [6.45, 7) is 4.54. The lowest BCUT2D eigenvalue weighted by atomic mass is 9.98. The molecule has 0 aliphatic carbocycles. The maximum absolute atomic E-state index is 5.85. The van der Waals surface area contributed by atoms with Gasteiger partial charge < -0.3 is 9.64 Å². The van der Waals surface area contributed by atoms with Crippen molar-refractivity contribution in [3.63, 3.8) is 0 Å². The number of ether oxygens (including phenoxy) is 1. The number of anilines is 1. The van der Waals surface area contributed by atoms with Gasteiger partial charge in [0.05, 0.1) is 16.8 Å². The molecule has 1 aliphatic heterocycles. The zero-order valence-corrected chi connectivity index (χ0v) is 16.2. The maximum atomic E-state index is 5.85. The van der Waals surface area contributed by atoms with Crippen molar-refractivity contribution in [2.45, 2.75) is 24.9 Å². The Morgan fingerprint density at radius 1 is 1.25 bits per heavy atom. The summed E-state index contributed by atoms with van der Waals surface area (Å²) in [5.41, 5.74) is 0.837. The zero-order valence-electron chi connectivity index (χ0n) is 13.8. The van der Waals surface area contributed by atoms with Crippen LogP contribution in [0.1, 0.15) is 18.5 Å². The van der Waals surface area contributed by atoms with Crippen molar-refractivity contribution in [2.24, 2.45) is 5.92 Å². The molecule has 0 atom stereocenters. The molecule has 0 N–H and O–H groups in total. The molecule has 2 aromatic heterocycles. The van der Waals surface area contributed by atoms with Gasteiger partial charge in [0.2, 0.25) is 5.88 Å². The second kappa shape index (κ2) is 8.11. The molecule has 6 nitrogen and oxygen atoms in total. The van der Waals surface area contributed by atoms with Gasteiger partial charge in [0, 0.05) is 31.7 Å². The summed E-state index contributed by atoms with van der Waals surface area (Å²) in [4.78, 5) is 19.7. The standard InChI is InChI=1S/C16H20BrN5OS/c1-11-15(19-6-5-18-11)23-10-12-3-7-22(8-4-12)14-13(17)9-20-16(21-14)24-2/h5-6,9,12H,3-4,7-8,10H2,1-2H3. The zero-order chi connectivity index (χ0) is 16.9. The fourth-order valence-electron chi connectivity index (χ4n) is 2.71. The predicted molar refractivity (Wildman–Crippen MR) is 98.7 cm³/mol. The number of aryl methyl sites for hydroxylation is 1. The summed E-state index contributed by atoms with van der Waals surface area (Å²) in [5.74, 6) is 2.16. The average Bonchev–Trinajstić information content (AvgIpc) is 2.62. The first-order chi connectivity index (χ1) is 11.7. The van der Waals surface area contributed by atoms with Crippen molar-refractivity contribution in [3.05, 3.63) is 28.8 Å². The summed E-state index contributed by atoms with van der Waals surface area (Å²) >= 11 is 5.12. The molecular weight excluding hydrogens is 390 g/mol. The normalized spacial score (nSPS) is 15.5. The second-order valence-electron chi connectivity index (χ2n) is 5.72. The maximum Gasteiger partial charge on any atom is 0.235 e. The van der Waals surface area contributed by atoms with E-state index in [0.717, 1.165) is 47.1 Å². The number of rotatable bonds is 5. The third kappa shape index (κ3) is 4.16. The monoisotopic (exact) mass is 409 g/mol. The summed E-state index contributed by atoms with van der Waals surface area (Å²) in [6.07, 6.45) is 9.32. The van der Waals surface area contributed by atoms with Crippen molar-refractivity contribution in [3.8, 4) is 5.88 Å². The average molecular weight is 410 g/mol. The lowest BCUT2D eigenvalue weighted by Gasteiger charge is -2.33. The van der Waals surface area contributed by atoms with Gasteiger partial charge in [-0.3, -0.25) is 4.98 Å². The van der Waals surface area contributed by atoms with Crippen LogP contribution in [0.25, 0.3) is 0 Å². The van der Waals surface area contributed by atoms with Gasteiger partial charge in [-0.05, 0) is 47.9 Å². The minimum atomic E-state index is 0.531. The molecule has 1 fully saturated rings. The van der Waals surface area contributed by atoms with Crippen molar-refractivity contribution in [1.82, 2.24) is 19.9 Å². The smallest absolute Gasteiger partial charge is 0.235 e. The van der Waals surface area contributed by atoms with Gasteiger partial charge in [-0.1, -0.05) is 11.8 Å². The van der Waals surface area contributed by atoms with Crippen LogP contribution >= 0.6 is 27.7 Å². The highest BCUT2D eigenvalue weighted by Gasteiger charge is 2.23. The van der Waals surface area contributed by atoms with Crippen LogP contribution in [0.2, 0.25) is 0 Å². The van der Waals surface area contributed by atoms with E-state index in [1.807, 2.05) is 19.4 Å². The number of hydrogen-bond acceptors (Lipinski definition) is 7. The molecule has 0 amide bonds. The fraction of sp³-hybridized carbons (Fsp3) is 0.500. The first-order valence-corrected chi connectivity index (χ1v) is 9.91. The Labute approximate surface area is 154 Å². The highest BCUT2D eigenvalue weighted by molar-refractivity contribution is 9.10. The summed E-state index contributed by atoms with van der Waals surface area (Å²) in [6, 6.07) is 0. The third-order valence-electron chi connectivity index (χ3n) is 4.09. The highest BCUT2D eigenvalue weighted by Crippen LogP contribution is 2.29. The molecule has 1 aliphatic rings. The van der Waals surface area contributed by atoms with Crippen LogP contribution < -0.4 is 9.64 Å². The fourth-order valence-corrected chi connectivity index (χ4v) is 3.49. The lowest BCUT2D eigenvalue weighted by molar-refractivity contribution is 0.213. The van der Waals surface area contributed by atoms with Crippen molar-refractivity contribution in [1.29, 1.82) is 0 Å². The summed E-state index contributed by atoms with van der Waals surface area (Å²) in [5, 5.41) is 0.803. The van der Waals surface area contributed by atoms with E-state index in [-0.39, 0.29) is 0 Å². The Kier molecular flexibility index (Phi) is 5.89. The number of thioether (sulfide) groups is 1. The van der Waals surface area contributed by atoms with Crippen LogP contribution in [0.5, 0.6) is 5.88 Å². The molecule has 0 radical (unpaired) electrons. The van der Waals surface area contributed by atoms with Crippen LogP contribution in [0.4, 0.5) is 5.82 Å². The Hall–Kier alpha value is -1.41. The molecule has 2 aromatic rings. The second-order valence-corrected chi connectivity index (χ2v) is 7.34. The Bertz CT molecular complexity index is 694. The van der Waals surface area contributed by atoms with Gasteiger partial charge in [0.15, 0.2) is 5.16 Å². The van der Waals surface area contributed by atoms with E-state index in [2.05, 4.69) is 40.8 Å². The van der Waals surface area contributed by atoms with Crippen LogP contribution in [-0.2, 0) is 0 Å². The Morgan fingerprint density at radius 2 is 2.00 bits per heavy atom. The Morgan fingerprint density at radius 3 is 2.71 bits per heavy atom. The molecule has 3 rings (SSSR count). The van der Waals surface area contributed by atoms with Crippen LogP contribution in [0, 0.1) is 12.8 Å². The van der Waals surface area contributed by atoms with Crippen molar-refractivity contribution >= 4 is 33.5 Å². The van der Waals surface area contributed by atoms with Gasteiger partial charge in [-0.2, -0.15) is 0 Å². The van der Waals surface area contributed by atoms with Crippen molar-refractivity contribution < 1.29 is 4.74 Å². The number of aromatic nitrogens is 4. The molecule has 0 bridgehead atoms. The van der Waals surface area contributed by atoms with Crippen LogP contribution in [0.3, 0.4) is 0 Å². The van der Waals surface area contributed by atoms with Crippen LogP contribution in [0.15, 0.2) is 28.2 Å². The minimum Gasteiger partial charge on any atom is -0.476 e. The molecule has 24 heavy (non-hydrogen) atoms. The number of hydrogen-bond donors (Lipinski definition) is 0. The molecule has 0 aromatic carbocycles. The van der Waals surface area contributed by atoms with E-state index in [0.29, 0.717) is 18.4 Å². The third-order valence-corrected chi connectivity index (χ3v) is 5.21. The molecule has 3 heterocycles. The summed E-state index contributed by atoms with van der Waals surface area (Å²) in [7, 11) is 0. The van der Waals surface area contributed by atoms with Gasteiger partial charge >= 0.3 is 0 Å². The number of halogens is 1. The van der Waals surface area contributed by atoms with E-state index in [9.17, 15) is 0 Å². The lowest BCUT2D eigenvalue weighted by Crippen LogP contribution is -2.36. The van der Waals surface area contributed by atoms with E-state index < -0.39 is 0 Å². The minimum absolute atomic E-state index is 0.531. The van der Waals surface area contributed by atoms with E-state index in [1.54, 1.807) is 24.2 Å². The predicted octanol–water partition coefficient (Wildman–Crippen LogP) is 3.35. The molecule has 128 valence electrons. The van der Waals surface area contributed by atoms with Gasteiger partial charge in [0.25, 0.3) is 0 Å². The first-order valence-electron chi connectivity index (χ1n) is 7.89. The largest absolute Gasteiger partial charge is 0.476 e. The molecule has 8 heteroatoms. The van der Waals surface area contributed by atoms with Crippen LogP contribution in [-0.4, -0.2) is 45.9 Å². The molecule has 0 spiro atoms. The van der Waals surface area contributed by atoms with Gasteiger partial charge in [0.1, 0.15) is 5.82 Å². The number of piperidine rings is 1. The highest BCUT2D eigenvalue weighted by atomic mass is 79.9. The number of nitrogens with zero attached hydrogens (tertiary/aromatic N) is 5. The Balaban J connectivity index is 1.55. The summed E-state index contributed by atoms with van der Waals surface area (Å²) < 4.78 is 6.80. The van der Waals surface area contributed by atoms with E-state index >= 15 is 0 Å². The molecule has 0 unspecified atom stereocenters. The molecular formula is C16H20BrN5OS. The first kappa shape index (κ1) is 17.4. The van der Waals surface area contributed by atoms with Gasteiger partial charge in [-0.25, -0.2) is 15.0 Å². The SMILES string of the molecule is CSc1ncc(Br)c(N2CCC(COc3nccnc3C)CC2)n1.